The molecule has 0 radical (unpaired) electrons. The van der Waals surface area contributed by atoms with Crippen molar-refractivity contribution in [3.05, 3.63) is 72.5 Å². The van der Waals surface area contributed by atoms with E-state index in [1.54, 1.807) is 40.9 Å². The Morgan fingerprint density at radius 1 is 0.545 bits per heavy atom. The highest BCUT2D eigenvalue weighted by atomic mass is 16.2. The minimum Gasteiger partial charge on any atom is -0.361 e. The zero-order valence-corrected chi connectivity index (χ0v) is 39.0. The molecule has 0 bridgehead atoms. The number of H-pyrrole nitrogens is 3. The maximum Gasteiger partial charge on any atom is 0.249 e. The number of hydrogen-bond donors (Lipinski definition) is 11. The molecule has 1 aromatic carbocycles. The van der Waals surface area contributed by atoms with Gasteiger partial charge >= 0.3 is 0 Å². The van der Waals surface area contributed by atoms with Crippen LogP contribution in [0.1, 0.15) is 78.8 Å². The van der Waals surface area contributed by atoms with Gasteiger partial charge in [-0.05, 0) is 50.8 Å². The quantitative estimate of drug-likeness (QED) is 0.0451. The Hall–Kier alpha value is -6.90. The fraction of sp³-hybridized carbons (Fsp3) is 0.511. The molecule has 0 saturated carbocycles. The summed E-state index contributed by atoms with van der Waals surface area (Å²) in [6, 6.07) is -0.354. The Morgan fingerprint density at radius 3 is 1.59 bits per heavy atom. The second kappa shape index (κ2) is 24.4. The summed E-state index contributed by atoms with van der Waals surface area (Å²) in [7, 11) is 1.61. The van der Waals surface area contributed by atoms with Gasteiger partial charge in [-0.2, -0.15) is 0 Å². The topological polar surface area (TPSA) is 306 Å². The number of imide groups is 1. The van der Waals surface area contributed by atoms with Gasteiger partial charge in [-0.15, -0.1) is 0 Å². The lowest BCUT2D eigenvalue weighted by molar-refractivity contribution is -0.136. The Morgan fingerprint density at radius 2 is 1.05 bits per heavy atom. The monoisotopic (exact) mass is 916 g/mol. The van der Waals surface area contributed by atoms with Gasteiger partial charge in [0.2, 0.25) is 47.3 Å². The van der Waals surface area contributed by atoms with E-state index in [0.717, 1.165) is 10.9 Å². The molecule has 8 amide bonds. The summed E-state index contributed by atoms with van der Waals surface area (Å²) in [4.78, 5) is 125. The lowest BCUT2D eigenvalue weighted by Gasteiger charge is -2.27. The molecule has 21 heteroatoms. The molecule has 0 aliphatic carbocycles. The molecule has 0 fully saturated rings. The van der Waals surface area contributed by atoms with Crippen LogP contribution < -0.4 is 42.5 Å². The number of rotatable bonds is 24. The first-order chi connectivity index (χ1) is 31.3. The predicted octanol–water partition coefficient (Wildman–Crippen LogP) is 0.180. The molecule has 0 aliphatic rings. The molecule has 11 N–H and O–H groups in total. The van der Waals surface area contributed by atoms with E-state index >= 15 is 0 Å². The van der Waals surface area contributed by atoms with E-state index in [1.807, 2.05) is 38.1 Å². The molecule has 0 aliphatic heterocycles. The first kappa shape index (κ1) is 51.7. The largest absolute Gasteiger partial charge is 0.361 e. The zero-order chi connectivity index (χ0) is 48.7. The van der Waals surface area contributed by atoms with Gasteiger partial charge in [-0.25, -0.2) is 9.97 Å². The average molecular weight is 916 g/mol. The van der Waals surface area contributed by atoms with E-state index < -0.39 is 95.5 Å². The molecular formula is C45H65N13O8. The van der Waals surface area contributed by atoms with Gasteiger partial charge in [0.15, 0.2) is 0 Å². The first-order valence-corrected chi connectivity index (χ1v) is 22.1. The second-order valence-electron chi connectivity index (χ2n) is 17.5. The summed E-state index contributed by atoms with van der Waals surface area (Å²) >= 11 is 0. The number of benzene rings is 1. The van der Waals surface area contributed by atoms with Crippen LogP contribution in [0.15, 0.2) is 55.5 Å². The third-order valence-corrected chi connectivity index (χ3v) is 10.8. The number of carbonyl (C=O) groups excluding carboxylic acids is 8. The van der Waals surface area contributed by atoms with Gasteiger partial charge in [0.25, 0.3) is 0 Å². The van der Waals surface area contributed by atoms with Crippen molar-refractivity contribution in [3.8, 4) is 0 Å². The van der Waals surface area contributed by atoms with E-state index in [4.69, 9.17) is 0 Å². The number of amides is 8. The molecule has 0 saturated heterocycles. The number of aromatic amines is 3. The van der Waals surface area contributed by atoms with E-state index in [9.17, 15) is 38.4 Å². The van der Waals surface area contributed by atoms with E-state index in [-0.39, 0.29) is 31.1 Å². The van der Waals surface area contributed by atoms with Crippen LogP contribution in [-0.4, -0.2) is 122 Å². The molecule has 21 nitrogen and oxygen atoms in total. The normalized spacial score (nSPS) is 14.6. The van der Waals surface area contributed by atoms with Gasteiger partial charge in [0.05, 0.1) is 18.7 Å². The van der Waals surface area contributed by atoms with Crippen LogP contribution in [0.25, 0.3) is 10.9 Å². The Balaban J connectivity index is 1.45. The van der Waals surface area contributed by atoms with Crippen molar-refractivity contribution in [2.75, 3.05) is 7.05 Å². The third kappa shape index (κ3) is 15.1. The Labute approximate surface area is 383 Å². The fourth-order valence-corrected chi connectivity index (χ4v) is 6.97. The number of nitrogens with zero attached hydrogens (tertiary/aromatic N) is 2. The summed E-state index contributed by atoms with van der Waals surface area (Å²) in [6.07, 6.45) is 8.08. The standard InChI is InChI=1S/C45H65N13O8/c1-23(2)14-33(46-9)41(62)58-44(65)36(17-30-20-48-22-51-30)55-39(60)26(7)53-45(66)37(24(3)4)57-40(61)27(8)52-42(63)34(15-28-18-49-32-13-11-10-12-31(28)32)56-43(64)35(54-38(59)25(5)6)16-29-19-47-21-50-29/h10-13,18-27,33-37,46,49H,14-17H2,1-9H3,(H,47,50)(H,48,51)(H,52,63)(H,53,66)(H,54,59)(H,55,60)(H,56,64)(H,57,61)(H,58,62,65)/t26-,27+,33+,34+,35+,36+,37+/m1/s1. The van der Waals surface area contributed by atoms with Crippen LogP contribution in [0.3, 0.4) is 0 Å². The molecule has 3 aromatic heterocycles. The summed E-state index contributed by atoms with van der Waals surface area (Å²) in [5.74, 6) is -6.00. The molecule has 66 heavy (non-hydrogen) atoms. The van der Waals surface area contributed by atoms with Gasteiger partial charge in [-0.1, -0.05) is 59.7 Å². The summed E-state index contributed by atoms with van der Waals surface area (Å²) in [5, 5.41) is 22.2. The maximum atomic E-state index is 14.1. The second-order valence-corrected chi connectivity index (χ2v) is 17.5. The van der Waals surface area contributed by atoms with Crippen molar-refractivity contribution in [3.63, 3.8) is 0 Å². The van der Waals surface area contributed by atoms with Gasteiger partial charge in [0, 0.05) is 66.1 Å². The van der Waals surface area contributed by atoms with E-state index in [0.29, 0.717) is 23.4 Å². The number of carbonyl (C=O) groups is 8. The number of aromatic nitrogens is 5. The van der Waals surface area contributed by atoms with Crippen molar-refractivity contribution < 1.29 is 38.4 Å². The molecule has 3 heterocycles. The number of nitrogens with one attached hydrogen (secondary N) is 11. The number of likely N-dealkylation sites (N-methyl/N-ethyl adjacent to an activating group) is 1. The molecule has 0 spiro atoms. The molecule has 0 unspecified atom stereocenters. The van der Waals surface area contributed by atoms with E-state index in [1.165, 1.54) is 38.9 Å². The average Bonchev–Trinajstić information content (AvgIpc) is 4.07. The molecule has 358 valence electrons. The van der Waals surface area contributed by atoms with Crippen molar-refractivity contribution in [1.29, 1.82) is 0 Å². The summed E-state index contributed by atoms with van der Waals surface area (Å²) in [5.41, 5.74) is 2.60. The maximum absolute atomic E-state index is 14.1. The van der Waals surface area contributed by atoms with Gasteiger partial charge in [-0.3, -0.25) is 43.7 Å². The highest BCUT2D eigenvalue weighted by Gasteiger charge is 2.34. The highest BCUT2D eigenvalue weighted by molar-refractivity contribution is 6.02. The van der Waals surface area contributed by atoms with Crippen LogP contribution in [0, 0.1) is 17.8 Å². The number of para-hydroxylation sites is 1. The first-order valence-electron chi connectivity index (χ1n) is 22.1. The Bertz CT molecular complexity index is 2270. The minimum atomic E-state index is -1.23. The van der Waals surface area contributed by atoms with Crippen LogP contribution in [0.4, 0.5) is 0 Å². The fourth-order valence-electron chi connectivity index (χ4n) is 6.97. The van der Waals surface area contributed by atoms with Crippen LogP contribution in [0.2, 0.25) is 0 Å². The molecule has 4 rings (SSSR count). The number of fused-ring (bicyclic) bond motifs is 1. The smallest absolute Gasteiger partial charge is 0.249 e. The highest BCUT2D eigenvalue weighted by Crippen LogP contribution is 2.20. The third-order valence-electron chi connectivity index (χ3n) is 10.8. The van der Waals surface area contributed by atoms with Crippen LogP contribution >= 0.6 is 0 Å². The predicted molar refractivity (Wildman–Crippen MR) is 245 cm³/mol. The van der Waals surface area contributed by atoms with Gasteiger partial charge < -0.3 is 52.2 Å². The van der Waals surface area contributed by atoms with Crippen LogP contribution in [0.5, 0.6) is 0 Å². The molecule has 4 aromatic rings. The van der Waals surface area contributed by atoms with Gasteiger partial charge in [0.1, 0.15) is 36.3 Å². The number of imidazole rings is 2. The van der Waals surface area contributed by atoms with Crippen molar-refractivity contribution >= 4 is 58.2 Å². The summed E-state index contributed by atoms with van der Waals surface area (Å²) in [6.45, 7) is 13.5. The van der Waals surface area contributed by atoms with Crippen molar-refractivity contribution in [2.24, 2.45) is 17.8 Å². The number of hydrogen-bond acceptors (Lipinski definition) is 11. The lowest BCUT2D eigenvalue weighted by Crippen LogP contribution is -2.60. The van der Waals surface area contributed by atoms with Crippen molar-refractivity contribution in [1.82, 2.24) is 67.5 Å². The minimum absolute atomic E-state index is 0.0110. The lowest BCUT2D eigenvalue weighted by atomic mass is 10.0. The molecule has 7 atom stereocenters. The van der Waals surface area contributed by atoms with Crippen LogP contribution in [-0.2, 0) is 57.6 Å². The zero-order valence-electron chi connectivity index (χ0n) is 39.0. The SMILES string of the molecule is CN[C@@H](CC(C)C)C(=O)NC(=O)[C@H](Cc1cnc[nH]1)NC(=O)[C@@H](C)NC(=O)[C@@H](NC(=O)[C@H](C)NC(=O)[C@H](Cc1c[nH]c2ccccc12)NC(=O)[C@H](Cc1cnc[nH]1)NC(=O)C(C)C)C(C)C. The Kier molecular flexibility index (Phi) is 19.1. The molecular weight excluding hydrogens is 851 g/mol. The summed E-state index contributed by atoms with van der Waals surface area (Å²) < 4.78 is 0. The van der Waals surface area contributed by atoms with E-state index in [2.05, 4.69) is 67.5 Å². The van der Waals surface area contributed by atoms with Crippen molar-refractivity contribution in [2.45, 2.75) is 123 Å².